The maximum absolute atomic E-state index is 10.9. The van der Waals surface area contributed by atoms with Crippen LogP contribution in [-0.4, -0.2) is 58.7 Å². The van der Waals surface area contributed by atoms with Gasteiger partial charge in [0, 0.05) is 6.08 Å². The number of carbonyl (C=O) groups is 1. The van der Waals surface area contributed by atoms with E-state index < -0.39 is 27.1 Å². The monoisotopic (exact) mass is 368 g/mol. The van der Waals surface area contributed by atoms with E-state index in [0.29, 0.717) is 11.6 Å². The maximum Gasteiger partial charge on any atom is 1.00 e. The molecule has 0 aliphatic rings. The molecule has 8 nitrogen and oxygen atoms in total. The molecule has 1 aromatic carbocycles. The summed E-state index contributed by atoms with van der Waals surface area (Å²) in [5.41, 5.74) is 0.497. The molecule has 0 fully saturated rings. The van der Waals surface area contributed by atoms with Crippen LogP contribution in [0.4, 0.5) is 0 Å². The molecule has 0 spiro atoms. The Kier molecular flexibility index (Phi) is 13.9. The van der Waals surface area contributed by atoms with Crippen LogP contribution in [-0.2, 0) is 14.9 Å². The molecule has 0 aromatic heterocycles. The number of aliphatic hydroxyl groups excluding tert-OH is 3. The van der Waals surface area contributed by atoms with Crippen molar-refractivity contribution in [3.8, 4) is 0 Å². The van der Waals surface area contributed by atoms with E-state index >= 15 is 0 Å². The van der Waals surface area contributed by atoms with Gasteiger partial charge in [-0.3, -0.25) is 0 Å². The Bertz CT molecular complexity index is 636. The van der Waals surface area contributed by atoms with Crippen LogP contribution in [0.3, 0.4) is 0 Å². The normalized spacial score (nSPS) is 11.6. The van der Waals surface area contributed by atoms with E-state index in [9.17, 15) is 17.8 Å². The molecule has 0 saturated carbocycles. The molecule has 0 saturated heterocycles. The van der Waals surface area contributed by atoms with Gasteiger partial charge in [-0.05, 0) is 17.7 Å². The minimum Gasteiger partial charge on any atom is -0.744 e. The third-order valence-corrected chi connectivity index (χ3v) is 3.04. The summed E-state index contributed by atoms with van der Waals surface area (Å²) in [6, 6.07) is 8.26. The first-order valence-corrected chi connectivity index (χ1v) is 7.65. The van der Waals surface area contributed by atoms with Gasteiger partial charge in [0.05, 0.1) is 18.1 Å². The smallest absolute Gasteiger partial charge is 0.744 e. The van der Waals surface area contributed by atoms with Crippen LogP contribution in [0.2, 0.25) is 0 Å². The summed E-state index contributed by atoms with van der Waals surface area (Å²) >= 11 is 0. The van der Waals surface area contributed by atoms with Crippen LogP contribution >= 0.6 is 0 Å². The molecule has 0 amide bonds. The van der Waals surface area contributed by atoms with Gasteiger partial charge in [-0.25, -0.2) is 13.2 Å². The summed E-state index contributed by atoms with van der Waals surface area (Å²) in [4.78, 5) is 9.68. The van der Waals surface area contributed by atoms with Gasteiger partial charge in [0.2, 0.25) is 0 Å². The van der Waals surface area contributed by atoms with Gasteiger partial charge in [-0.15, -0.1) is 0 Å². The summed E-state index contributed by atoms with van der Waals surface area (Å²) in [6.07, 6.45) is 1.52. The second-order valence-electron chi connectivity index (χ2n) is 4.10. The van der Waals surface area contributed by atoms with Crippen LogP contribution in [0.25, 0.3) is 6.08 Å². The van der Waals surface area contributed by atoms with Crippen LogP contribution in [0, 0.1) is 0 Å². The minimum absolute atomic E-state index is 0. The first-order valence-electron chi connectivity index (χ1n) is 6.24. The standard InChI is InChI=1S/C11H10O5S.C3H8O3.Na/c12-11(13)7-6-10(17(14,15)16)8-9-4-2-1-3-5-9;4-1-3(6)2-5;/h1-8H,(H,12,13)(H,14,15,16);3-6H,1-2H2;/q;;+1/p-1. The van der Waals surface area contributed by atoms with Crippen molar-refractivity contribution in [2.75, 3.05) is 13.2 Å². The molecule has 4 N–H and O–H groups in total. The van der Waals surface area contributed by atoms with Crippen LogP contribution in [0.1, 0.15) is 5.56 Å². The molecule has 128 valence electrons. The minimum atomic E-state index is -4.70. The first kappa shape index (κ1) is 25.2. The molecule has 0 bridgehead atoms. The van der Waals surface area contributed by atoms with Crippen molar-refractivity contribution in [3.63, 3.8) is 0 Å². The molecule has 0 aliphatic heterocycles. The molecule has 1 aromatic rings. The van der Waals surface area contributed by atoms with Crippen molar-refractivity contribution in [1.29, 1.82) is 0 Å². The predicted molar refractivity (Wildman–Crippen MR) is 81.1 cm³/mol. The van der Waals surface area contributed by atoms with Crippen molar-refractivity contribution in [1.82, 2.24) is 0 Å². The number of hydrogen-bond acceptors (Lipinski definition) is 7. The van der Waals surface area contributed by atoms with Gasteiger partial charge in [-0.2, -0.15) is 0 Å². The Morgan fingerprint density at radius 1 is 1.12 bits per heavy atom. The fourth-order valence-electron chi connectivity index (χ4n) is 1.13. The van der Waals surface area contributed by atoms with E-state index in [0.717, 1.165) is 12.2 Å². The largest absolute Gasteiger partial charge is 1.00 e. The molecular weight excluding hydrogens is 351 g/mol. The zero-order valence-electron chi connectivity index (χ0n) is 12.9. The Balaban J connectivity index is 0. The maximum atomic E-state index is 10.9. The summed E-state index contributed by atoms with van der Waals surface area (Å²) in [6.45, 7) is -0.729. The number of rotatable bonds is 6. The number of hydrogen-bond donors (Lipinski definition) is 4. The molecule has 0 atom stereocenters. The number of carboxylic acid groups (broad SMARTS) is 1. The van der Waals surface area contributed by atoms with E-state index in [-0.39, 0.29) is 42.8 Å². The van der Waals surface area contributed by atoms with E-state index in [2.05, 4.69) is 0 Å². The van der Waals surface area contributed by atoms with Gasteiger partial charge in [0.1, 0.15) is 16.2 Å². The fourth-order valence-corrected chi connectivity index (χ4v) is 1.64. The zero-order chi connectivity index (χ0) is 17.9. The van der Waals surface area contributed by atoms with Crippen LogP contribution in [0.5, 0.6) is 0 Å². The number of benzene rings is 1. The third-order valence-electron chi connectivity index (χ3n) is 2.21. The first-order chi connectivity index (χ1) is 10.7. The van der Waals surface area contributed by atoms with Gasteiger partial charge < -0.3 is 25.0 Å². The van der Waals surface area contributed by atoms with Crippen molar-refractivity contribution in [2.24, 2.45) is 0 Å². The molecule has 0 heterocycles. The SMILES string of the molecule is O=C(O)C=CC(=Cc1ccccc1)S(=O)(=O)[O-].OCC(O)CO.[Na+]. The summed E-state index contributed by atoms with van der Waals surface area (Å²) in [5.74, 6) is -1.33. The Hall–Kier alpha value is -1.04. The zero-order valence-corrected chi connectivity index (χ0v) is 15.8. The number of allylic oxidation sites excluding steroid dienone is 1. The molecule has 0 unspecified atom stereocenters. The summed E-state index contributed by atoms with van der Waals surface area (Å²) in [7, 11) is -4.70. The number of aliphatic hydroxyl groups is 3. The third kappa shape index (κ3) is 12.4. The van der Waals surface area contributed by atoms with Gasteiger partial charge >= 0.3 is 35.5 Å². The van der Waals surface area contributed by atoms with Crippen molar-refractivity contribution in [3.05, 3.63) is 53.0 Å². The predicted octanol–water partition coefficient (Wildman–Crippen LogP) is -3.45. The Morgan fingerprint density at radius 2 is 1.62 bits per heavy atom. The number of carboxylic acids is 1. The summed E-state index contributed by atoms with van der Waals surface area (Å²) in [5, 5.41) is 32.4. The van der Waals surface area contributed by atoms with Crippen molar-refractivity contribution in [2.45, 2.75) is 6.10 Å². The van der Waals surface area contributed by atoms with Crippen LogP contribution in [0.15, 0.2) is 47.4 Å². The Morgan fingerprint density at radius 3 is 1.96 bits per heavy atom. The van der Waals surface area contributed by atoms with Gasteiger partial charge in [-0.1, -0.05) is 30.3 Å². The molecule has 0 aliphatic carbocycles. The summed E-state index contributed by atoms with van der Waals surface area (Å²) < 4.78 is 32.6. The number of aliphatic carboxylic acids is 1. The van der Waals surface area contributed by atoms with Crippen molar-refractivity contribution >= 4 is 22.2 Å². The average molecular weight is 368 g/mol. The molecule has 10 heteroatoms. The Labute approximate surface area is 161 Å². The molecular formula is C14H17NaO8S. The average Bonchev–Trinajstić information content (AvgIpc) is 2.51. The molecule has 1 rings (SSSR count). The van der Waals surface area contributed by atoms with Crippen molar-refractivity contribution < 1.29 is 67.7 Å². The van der Waals surface area contributed by atoms with E-state index in [4.69, 9.17) is 20.4 Å². The van der Waals surface area contributed by atoms with Gasteiger partial charge in [0.15, 0.2) is 0 Å². The topological polar surface area (TPSA) is 155 Å². The van der Waals surface area contributed by atoms with E-state index in [1.54, 1.807) is 30.3 Å². The van der Waals surface area contributed by atoms with E-state index in [1.165, 1.54) is 0 Å². The van der Waals surface area contributed by atoms with E-state index in [1.807, 2.05) is 0 Å². The van der Waals surface area contributed by atoms with Crippen LogP contribution < -0.4 is 29.6 Å². The fraction of sp³-hybridized carbons (Fsp3) is 0.214. The second-order valence-corrected chi connectivity index (χ2v) is 5.48. The second kappa shape index (κ2) is 13.3. The quantitative estimate of drug-likeness (QED) is 0.175. The molecule has 24 heavy (non-hydrogen) atoms. The molecule has 0 radical (unpaired) electrons. The van der Waals surface area contributed by atoms with Gasteiger partial charge in [0.25, 0.3) is 0 Å².